The predicted molar refractivity (Wildman–Crippen MR) is 88.1 cm³/mol. The Labute approximate surface area is 144 Å². The maximum Gasteiger partial charge on any atom is 0.318 e. The number of aliphatic hydroxyl groups excluding tert-OH is 1. The molecule has 0 radical (unpaired) electrons. The number of aliphatic hydroxyl groups is 1. The molecule has 0 bridgehead atoms. The molecular formula is C17H20N4O4. The summed E-state index contributed by atoms with van der Waals surface area (Å²) in [5, 5.41) is 16.5. The highest BCUT2D eigenvalue weighted by molar-refractivity contribution is 5.75. The molecule has 2 aliphatic heterocycles. The van der Waals surface area contributed by atoms with Crippen LogP contribution in [0.5, 0.6) is 5.75 Å². The first-order valence-electron chi connectivity index (χ1n) is 8.47. The van der Waals surface area contributed by atoms with Crippen LogP contribution in [0.1, 0.15) is 30.8 Å². The molecule has 1 fully saturated rings. The number of rotatable bonds is 3. The molecule has 2 N–H and O–H groups in total. The average Bonchev–Trinajstić information content (AvgIpc) is 3.34. The van der Waals surface area contributed by atoms with Crippen molar-refractivity contribution in [3.05, 3.63) is 29.7 Å². The molecule has 2 aromatic rings. The van der Waals surface area contributed by atoms with Gasteiger partial charge in [0.2, 0.25) is 11.7 Å². The Hall–Kier alpha value is -2.61. The molecule has 8 heteroatoms. The number of hydrogen-bond acceptors (Lipinski definition) is 6. The number of fused-ring (bicyclic) bond motifs is 1. The van der Waals surface area contributed by atoms with Gasteiger partial charge in [-0.15, -0.1) is 0 Å². The second-order valence-electron chi connectivity index (χ2n) is 6.32. The molecule has 2 atom stereocenters. The van der Waals surface area contributed by atoms with E-state index in [0.717, 1.165) is 11.1 Å². The summed E-state index contributed by atoms with van der Waals surface area (Å²) in [6.07, 6.45) is 0.885. The first-order chi connectivity index (χ1) is 12.1. The number of nitrogens with one attached hydrogen (secondary N) is 1. The number of likely N-dealkylation sites (tertiary alicyclic amines) is 1. The van der Waals surface area contributed by atoms with Crippen molar-refractivity contribution in [1.29, 1.82) is 0 Å². The SMILES string of the molecule is CCc1nc(-c2ccc3c(c2)OC[C@H]3NC(=O)N2CC[C@@H](O)C2)no1. The van der Waals surface area contributed by atoms with Crippen LogP contribution in [0.15, 0.2) is 22.7 Å². The second kappa shape index (κ2) is 6.36. The minimum absolute atomic E-state index is 0.173. The normalized spacial score (nSPS) is 21.9. The Morgan fingerprint density at radius 2 is 2.36 bits per heavy atom. The van der Waals surface area contributed by atoms with Crippen molar-refractivity contribution >= 4 is 6.03 Å². The van der Waals surface area contributed by atoms with Crippen LogP contribution in [0.2, 0.25) is 0 Å². The Bertz CT molecular complexity index is 791. The number of nitrogens with zero attached hydrogens (tertiary/aromatic N) is 3. The van der Waals surface area contributed by atoms with Gasteiger partial charge in [-0.25, -0.2) is 4.79 Å². The van der Waals surface area contributed by atoms with Gasteiger partial charge in [-0.1, -0.05) is 24.2 Å². The maximum absolute atomic E-state index is 12.3. The van der Waals surface area contributed by atoms with Crippen LogP contribution in [-0.2, 0) is 6.42 Å². The lowest BCUT2D eigenvalue weighted by Crippen LogP contribution is -2.41. The van der Waals surface area contributed by atoms with Gasteiger partial charge in [-0.3, -0.25) is 0 Å². The molecule has 1 aromatic heterocycles. The molecule has 2 amide bonds. The summed E-state index contributed by atoms with van der Waals surface area (Å²) in [5.74, 6) is 1.84. The lowest BCUT2D eigenvalue weighted by atomic mass is 10.1. The number of aryl methyl sites for hydroxylation is 1. The molecule has 1 saturated heterocycles. The third kappa shape index (κ3) is 3.05. The van der Waals surface area contributed by atoms with Crippen LogP contribution in [0.3, 0.4) is 0 Å². The van der Waals surface area contributed by atoms with E-state index in [9.17, 15) is 9.90 Å². The fraction of sp³-hybridized carbons (Fsp3) is 0.471. The van der Waals surface area contributed by atoms with Crippen LogP contribution < -0.4 is 10.1 Å². The zero-order chi connectivity index (χ0) is 17.4. The van der Waals surface area contributed by atoms with Gasteiger partial charge in [0.25, 0.3) is 0 Å². The molecule has 0 unspecified atom stereocenters. The van der Waals surface area contributed by atoms with Crippen molar-refractivity contribution in [3.63, 3.8) is 0 Å². The molecule has 4 rings (SSSR count). The number of amides is 2. The highest BCUT2D eigenvalue weighted by Crippen LogP contribution is 2.35. The summed E-state index contributed by atoms with van der Waals surface area (Å²) in [7, 11) is 0. The predicted octanol–water partition coefficient (Wildman–Crippen LogP) is 1.51. The minimum atomic E-state index is -0.427. The number of urea groups is 1. The Balaban J connectivity index is 1.48. The summed E-state index contributed by atoms with van der Waals surface area (Å²) in [6, 6.07) is 5.31. The lowest BCUT2D eigenvalue weighted by Gasteiger charge is -2.19. The number of carbonyl (C=O) groups is 1. The molecule has 132 valence electrons. The number of ether oxygens (including phenoxy) is 1. The number of carbonyl (C=O) groups excluding carboxylic acids is 1. The van der Waals surface area contributed by atoms with Crippen LogP contribution in [0.4, 0.5) is 4.79 Å². The lowest BCUT2D eigenvalue weighted by molar-refractivity contribution is 0.169. The minimum Gasteiger partial charge on any atom is -0.491 e. The molecule has 0 saturated carbocycles. The number of β-amino-alcohol motifs (C(OH)–C–C–N with tert-alkyl or cyclic N) is 1. The van der Waals surface area contributed by atoms with Crippen LogP contribution >= 0.6 is 0 Å². The van der Waals surface area contributed by atoms with Crippen LogP contribution in [-0.4, -0.2) is 52.0 Å². The van der Waals surface area contributed by atoms with E-state index in [-0.39, 0.29) is 12.1 Å². The fourth-order valence-electron chi connectivity index (χ4n) is 3.15. The van der Waals surface area contributed by atoms with E-state index >= 15 is 0 Å². The van der Waals surface area contributed by atoms with Gasteiger partial charge >= 0.3 is 6.03 Å². The molecule has 0 spiro atoms. The number of benzene rings is 1. The smallest absolute Gasteiger partial charge is 0.318 e. The Morgan fingerprint density at radius 3 is 3.08 bits per heavy atom. The van der Waals surface area contributed by atoms with Crippen LogP contribution in [0, 0.1) is 0 Å². The molecule has 2 aliphatic rings. The van der Waals surface area contributed by atoms with Gasteiger partial charge in [0.15, 0.2) is 0 Å². The Morgan fingerprint density at radius 1 is 1.48 bits per heavy atom. The third-order valence-electron chi connectivity index (χ3n) is 4.57. The van der Waals surface area contributed by atoms with Gasteiger partial charge in [0.1, 0.15) is 12.4 Å². The van der Waals surface area contributed by atoms with Crippen molar-refractivity contribution in [1.82, 2.24) is 20.4 Å². The van der Waals surface area contributed by atoms with E-state index in [1.165, 1.54) is 0 Å². The second-order valence-corrected chi connectivity index (χ2v) is 6.32. The summed E-state index contributed by atoms with van der Waals surface area (Å²) < 4.78 is 10.9. The van der Waals surface area contributed by atoms with Crippen molar-refractivity contribution in [2.45, 2.75) is 31.9 Å². The quantitative estimate of drug-likeness (QED) is 0.875. The first kappa shape index (κ1) is 15.9. The summed E-state index contributed by atoms with van der Waals surface area (Å²) in [4.78, 5) is 18.2. The third-order valence-corrected chi connectivity index (χ3v) is 4.57. The van der Waals surface area contributed by atoms with Gasteiger partial charge < -0.3 is 24.6 Å². The fourth-order valence-corrected chi connectivity index (χ4v) is 3.15. The van der Waals surface area contributed by atoms with E-state index in [0.29, 0.717) is 50.0 Å². The largest absolute Gasteiger partial charge is 0.491 e. The molecule has 0 aliphatic carbocycles. The van der Waals surface area contributed by atoms with Crippen molar-refractivity contribution in [2.75, 3.05) is 19.7 Å². The highest BCUT2D eigenvalue weighted by Gasteiger charge is 2.30. The van der Waals surface area contributed by atoms with Gasteiger partial charge in [-0.2, -0.15) is 4.98 Å². The highest BCUT2D eigenvalue weighted by atomic mass is 16.5. The van der Waals surface area contributed by atoms with Crippen molar-refractivity contribution < 1.29 is 19.2 Å². The number of aromatic nitrogens is 2. The maximum atomic E-state index is 12.3. The van der Waals surface area contributed by atoms with Crippen molar-refractivity contribution in [3.8, 4) is 17.1 Å². The van der Waals surface area contributed by atoms with E-state index in [4.69, 9.17) is 9.26 Å². The average molecular weight is 344 g/mol. The Kier molecular flexibility index (Phi) is 4.04. The van der Waals surface area contributed by atoms with Crippen molar-refractivity contribution in [2.24, 2.45) is 0 Å². The van der Waals surface area contributed by atoms with E-state index in [2.05, 4.69) is 15.5 Å². The summed E-state index contributed by atoms with van der Waals surface area (Å²) >= 11 is 0. The van der Waals surface area contributed by atoms with Gasteiger partial charge in [0.05, 0.1) is 12.1 Å². The summed E-state index contributed by atoms with van der Waals surface area (Å²) in [6.45, 7) is 3.29. The van der Waals surface area contributed by atoms with E-state index < -0.39 is 6.10 Å². The summed E-state index contributed by atoms with van der Waals surface area (Å²) in [5.41, 5.74) is 1.74. The van der Waals surface area contributed by atoms with E-state index in [1.807, 2.05) is 25.1 Å². The van der Waals surface area contributed by atoms with Crippen LogP contribution in [0.25, 0.3) is 11.4 Å². The zero-order valence-corrected chi connectivity index (χ0v) is 13.9. The molecule has 3 heterocycles. The van der Waals surface area contributed by atoms with E-state index in [1.54, 1.807) is 4.90 Å². The van der Waals surface area contributed by atoms with Gasteiger partial charge in [-0.05, 0) is 12.5 Å². The molecule has 8 nitrogen and oxygen atoms in total. The molecule has 1 aromatic carbocycles. The standard InChI is InChI=1S/C17H20N4O4/c1-2-15-19-16(20-25-15)10-3-4-12-13(9-24-14(12)7-10)18-17(23)21-6-5-11(22)8-21/h3-4,7,11,13,22H,2,5-6,8-9H2,1H3,(H,18,23)/t11-,13-/m1/s1. The first-order valence-corrected chi connectivity index (χ1v) is 8.47. The topological polar surface area (TPSA) is 101 Å². The van der Waals surface area contributed by atoms with Gasteiger partial charge in [0, 0.05) is 30.6 Å². The number of hydrogen-bond donors (Lipinski definition) is 2. The molecular weight excluding hydrogens is 324 g/mol. The zero-order valence-electron chi connectivity index (χ0n) is 13.9. The molecule has 25 heavy (non-hydrogen) atoms. The monoisotopic (exact) mass is 344 g/mol.